The van der Waals surface area contributed by atoms with E-state index in [1.807, 2.05) is 6.20 Å². The van der Waals surface area contributed by atoms with Crippen molar-refractivity contribution in [2.75, 3.05) is 19.8 Å². The van der Waals surface area contributed by atoms with Crippen LogP contribution in [0, 0.1) is 17.4 Å². The van der Waals surface area contributed by atoms with Gasteiger partial charge in [0.1, 0.15) is 8.07 Å². The molecule has 1 aliphatic rings. The normalized spacial score (nSPS) is 16.3. The van der Waals surface area contributed by atoms with E-state index in [0.29, 0.717) is 0 Å². The van der Waals surface area contributed by atoms with Gasteiger partial charge >= 0.3 is 0 Å². The summed E-state index contributed by atoms with van der Waals surface area (Å²) in [4.78, 5) is 4.49. The van der Waals surface area contributed by atoms with Crippen molar-refractivity contribution in [3.63, 3.8) is 0 Å². The van der Waals surface area contributed by atoms with Crippen molar-refractivity contribution >= 4 is 8.07 Å². The SMILES string of the molecule is C[Si](C)(C)C#Cc1ccc(CNCC2CCOCC2)nc1. The molecule has 1 N–H and O–H groups in total. The number of aromatic nitrogens is 1. The Morgan fingerprint density at radius 1 is 1.29 bits per heavy atom. The maximum absolute atomic E-state index is 5.37. The molecule has 114 valence electrons. The zero-order valence-electron chi connectivity index (χ0n) is 13.4. The van der Waals surface area contributed by atoms with E-state index < -0.39 is 8.07 Å². The van der Waals surface area contributed by atoms with Gasteiger partial charge in [-0.15, -0.1) is 5.54 Å². The van der Waals surface area contributed by atoms with E-state index in [4.69, 9.17) is 4.74 Å². The lowest BCUT2D eigenvalue weighted by Gasteiger charge is -2.22. The first kappa shape index (κ1) is 16.2. The smallest absolute Gasteiger partial charge is 0.129 e. The van der Waals surface area contributed by atoms with Gasteiger partial charge in [-0.25, -0.2) is 0 Å². The van der Waals surface area contributed by atoms with E-state index in [-0.39, 0.29) is 0 Å². The molecular formula is C17H26N2OSi. The minimum Gasteiger partial charge on any atom is -0.381 e. The first-order valence-corrected chi connectivity index (χ1v) is 11.3. The lowest BCUT2D eigenvalue weighted by atomic mass is 10.0. The molecule has 0 bridgehead atoms. The van der Waals surface area contributed by atoms with Crippen LogP contribution in [0.3, 0.4) is 0 Å². The molecule has 0 unspecified atom stereocenters. The highest BCUT2D eigenvalue weighted by atomic mass is 28.3. The van der Waals surface area contributed by atoms with Crippen LogP contribution in [0.5, 0.6) is 0 Å². The molecule has 0 aliphatic carbocycles. The Bertz CT molecular complexity index is 490. The molecule has 0 atom stereocenters. The highest BCUT2D eigenvalue weighted by molar-refractivity contribution is 6.83. The standard InChI is InChI=1S/C17H26N2OSi/c1-21(2,3)11-8-15-4-5-17(19-13-15)14-18-12-16-6-9-20-10-7-16/h4-5,13,16,18H,6-7,9-10,12,14H2,1-3H3. The van der Waals surface area contributed by atoms with Crippen LogP contribution in [0.4, 0.5) is 0 Å². The number of hydrogen-bond acceptors (Lipinski definition) is 3. The Hall–Kier alpha value is -1.15. The number of nitrogens with one attached hydrogen (secondary N) is 1. The Morgan fingerprint density at radius 3 is 2.67 bits per heavy atom. The molecule has 1 aliphatic heterocycles. The predicted molar refractivity (Wildman–Crippen MR) is 89.7 cm³/mol. The molecule has 0 radical (unpaired) electrons. The Labute approximate surface area is 129 Å². The third kappa shape index (κ3) is 6.43. The van der Waals surface area contributed by atoms with Gasteiger partial charge in [0.15, 0.2) is 0 Å². The van der Waals surface area contributed by atoms with E-state index in [1.165, 1.54) is 12.8 Å². The third-order valence-corrected chi connectivity index (χ3v) is 4.36. The maximum Gasteiger partial charge on any atom is 0.129 e. The molecule has 2 heterocycles. The average molecular weight is 302 g/mol. The van der Waals surface area contributed by atoms with Crippen LogP contribution in [0.1, 0.15) is 24.1 Å². The molecule has 1 aromatic rings. The fourth-order valence-electron chi connectivity index (χ4n) is 2.22. The van der Waals surface area contributed by atoms with Crippen LogP contribution < -0.4 is 5.32 Å². The summed E-state index contributed by atoms with van der Waals surface area (Å²) in [6.07, 6.45) is 4.23. The minimum absolute atomic E-state index is 0.751. The molecule has 1 fully saturated rings. The van der Waals surface area contributed by atoms with Gasteiger partial charge in [-0.3, -0.25) is 4.98 Å². The van der Waals surface area contributed by atoms with Crippen molar-refractivity contribution in [1.29, 1.82) is 0 Å². The quantitative estimate of drug-likeness (QED) is 0.686. The van der Waals surface area contributed by atoms with Crippen molar-refractivity contribution in [3.05, 3.63) is 29.6 Å². The summed E-state index contributed by atoms with van der Waals surface area (Å²) < 4.78 is 5.37. The Kier molecular flexibility index (Phi) is 5.98. The number of ether oxygens (including phenoxy) is 1. The van der Waals surface area contributed by atoms with Gasteiger partial charge in [0.25, 0.3) is 0 Å². The van der Waals surface area contributed by atoms with Gasteiger partial charge < -0.3 is 10.1 Å². The largest absolute Gasteiger partial charge is 0.381 e. The van der Waals surface area contributed by atoms with E-state index in [0.717, 1.165) is 43.5 Å². The van der Waals surface area contributed by atoms with Crippen molar-refractivity contribution in [3.8, 4) is 11.5 Å². The molecular weight excluding hydrogens is 276 g/mol. The fourth-order valence-corrected chi connectivity index (χ4v) is 2.74. The molecule has 0 aromatic carbocycles. The van der Waals surface area contributed by atoms with E-state index in [9.17, 15) is 0 Å². The second-order valence-corrected chi connectivity index (χ2v) is 11.5. The van der Waals surface area contributed by atoms with Crippen LogP contribution in [0.15, 0.2) is 18.3 Å². The van der Waals surface area contributed by atoms with E-state index >= 15 is 0 Å². The summed E-state index contributed by atoms with van der Waals surface area (Å²) in [5.41, 5.74) is 5.47. The van der Waals surface area contributed by atoms with Crippen molar-refractivity contribution in [2.45, 2.75) is 39.0 Å². The van der Waals surface area contributed by atoms with Crippen LogP contribution in [-0.4, -0.2) is 32.8 Å². The number of nitrogens with zero attached hydrogens (tertiary/aromatic N) is 1. The number of pyridine rings is 1. The van der Waals surface area contributed by atoms with Gasteiger partial charge in [0, 0.05) is 31.5 Å². The fraction of sp³-hybridized carbons (Fsp3) is 0.588. The molecule has 21 heavy (non-hydrogen) atoms. The minimum atomic E-state index is -1.31. The van der Waals surface area contributed by atoms with Crippen molar-refractivity contribution in [1.82, 2.24) is 10.3 Å². The summed E-state index contributed by atoms with van der Waals surface area (Å²) in [6, 6.07) is 4.15. The highest BCUT2D eigenvalue weighted by Gasteiger charge is 2.12. The van der Waals surface area contributed by atoms with Gasteiger partial charge in [-0.05, 0) is 37.4 Å². The van der Waals surface area contributed by atoms with Crippen LogP contribution >= 0.6 is 0 Å². The average Bonchev–Trinajstić information content (AvgIpc) is 2.47. The molecule has 2 rings (SSSR count). The summed E-state index contributed by atoms with van der Waals surface area (Å²) in [5, 5.41) is 3.50. The topological polar surface area (TPSA) is 34.1 Å². The Morgan fingerprint density at radius 2 is 2.05 bits per heavy atom. The molecule has 3 nitrogen and oxygen atoms in total. The molecule has 0 saturated carbocycles. The van der Waals surface area contributed by atoms with Crippen molar-refractivity contribution in [2.24, 2.45) is 5.92 Å². The molecule has 0 amide bonds. The monoisotopic (exact) mass is 302 g/mol. The highest BCUT2D eigenvalue weighted by Crippen LogP contribution is 2.13. The van der Waals surface area contributed by atoms with Crippen LogP contribution in [0.2, 0.25) is 19.6 Å². The molecule has 0 spiro atoms. The summed E-state index contributed by atoms with van der Waals surface area (Å²) in [7, 11) is -1.31. The number of rotatable bonds is 4. The number of hydrogen-bond donors (Lipinski definition) is 1. The van der Waals surface area contributed by atoms with Crippen LogP contribution in [-0.2, 0) is 11.3 Å². The van der Waals surface area contributed by atoms with Gasteiger partial charge in [0.2, 0.25) is 0 Å². The van der Waals surface area contributed by atoms with Gasteiger partial charge in [0.05, 0.1) is 5.69 Å². The summed E-state index contributed by atoms with van der Waals surface area (Å²) in [6.45, 7) is 10.5. The zero-order chi connectivity index (χ0) is 15.1. The van der Waals surface area contributed by atoms with E-state index in [1.54, 1.807) is 0 Å². The zero-order valence-corrected chi connectivity index (χ0v) is 14.4. The van der Waals surface area contributed by atoms with Crippen molar-refractivity contribution < 1.29 is 4.74 Å². The molecule has 1 aromatic heterocycles. The van der Waals surface area contributed by atoms with E-state index in [2.05, 4.69) is 53.5 Å². The molecule has 1 saturated heterocycles. The first-order chi connectivity index (χ1) is 10.0. The second-order valence-electron chi connectivity index (χ2n) is 6.72. The predicted octanol–water partition coefficient (Wildman–Crippen LogP) is 2.83. The lowest BCUT2D eigenvalue weighted by molar-refractivity contribution is 0.0662. The Balaban J connectivity index is 1.77. The lowest BCUT2D eigenvalue weighted by Crippen LogP contribution is -2.27. The van der Waals surface area contributed by atoms with Gasteiger partial charge in [-0.1, -0.05) is 25.6 Å². The maximum atomic E-state index is 5.37. The van der Waals surface area contributed by atoms with Crippen LogP contribution in [0.25, 0.3) is 0 Å². The van der Waals surface area contributed by atoms with Gasteiger partial charge in [-0.2, -0.15) is 0 Å². The molecule has 4 heteroatoms. The second kappa shape index (κ2) is 7.74. The summed E-state index contributed by atoms with van der Waals surface area (Å²) in [5.74, 6) is 3.99. The third-order valence-electron chi connectivity index (χ3n) is 3.49. The first-order valence-electron chi connectivity index (χ1n) is 7.79. The summed E-state index contributed by atoms with van der Waals surface area (Å²) >= 11 is 0.